The molecule has 2 heterocycles. The summed E-state index contributed by atoms with van der Waals surface area (Å²) in [6, 6.07) is 67.2. The Labute approximate surface area is 309 Å². The second-order valence-corrected chi connectivity index (χ2v) is 15.7. The summed E-state index contributed by atoms with van der Waals surface area (Å²) in [5.74, 6) is 0. The lowest BCUT2D eigenvalue weighted by Gasteiger charge is -2.18. The van der Waals surface area contributed by atoms with E-state index in [1.165, 1.54) is 106 Å². The van der Waals surface area contributed by atoms with E-state index in [9.17, 15) is 0 Å². The van der Waals surface area contributed by atoms with Gasteiger partial charge in [-0.1, -0.05) is 164 Å². The van der Waals surface area contributed by atoms with Gasteiger partial charge in [-0.15, -0.1) is 22.7 Å². The molecule has 0 N–H and O–H groups in total. The van der Waals surface area contributed by atoms with E-state index in [-0.39, 0.29) is 0 Å². The van der Waals surface area contributed by atoms with Crippen molar-refractivity contribution in [2.24, 2.45) is 0 Å². The van der Waals surface area contributed by atoms with Crippen LogP contribution in [0.15, 0.2) is 182 Å². The van der Waals surface area contributed by atoms with Crippen LogP contribution in [0.1, 0.15) is 0 Å². The lowest BCUT2D eigenvalue weighted by Crippen LogP contribution is -1.90. The van der Waals surface area contributed by atoms with Crippen molar-refractivity contribution < 1.29 is 0 Å². The van der Waals surface area contributed by atoms with Crippen molar-refractivity contribution >= 4 is 85.2 Å². The first-order valence-electron chi connectivity index (χ1n) is 17.8. The van der Waals surface area contributed by atoms with Crippen LogP contribution in [0.3, 0.4) is 0 Å². The molecule has 52 heavy (non-hydrogen) atoms. The third kappa shape index (κ3) is 4.52. The summed E-state index contributed by atoms with van der Waals surface area (Å²) in [6.07, 6.45) is 0. The van der Waals surface area contributed by atoms with Gasteiger partial charge in [-0.2, -0.15) is 0 Å². The molecule has 0 saturated carbocycles. The first-order valence-corrected chi connectivity index (χ1v) is 19.4. The number of hydrogen-bond donors (Lipinski definition) is 0. The quantitative estimate of drug-likeness (QED) is 0.161. The van der Waals surface area contributed by atoms with E-state index in [1.54, 1.807) is 0 Å². The van der Waals surface area contributed by atoms with Gasteiger partial charge in [-0.25, -0.2) is 0 Å². The summed E-state index contributed by atoms with van der Waals surface area (Å²) < 4.78 is 4.02. The molecule has 0 fully saturated rings. The maximum absolute atomic E-state index is 2.44. The molecule has 2 aromatic heterocycles. The minimum atomic E-state index is 1.25. The van der Waals surface area contributed by atoms with Crippen LogP contribution in [0, 0.1) is 0 Å². The van der Waals surface area contributed by atoms with Gasteiger partial charge in [-0.3, -0.25) is 0 Å². The van der Waals surface area contributed by atoms with E-state index in [0.717, 1.165) is 0 Å². The summed E-state index contributed by atoms with van der Waals surface area (Å²) in [5.41, 5.74) is 8.97. The number of fused-ring (bicyclic) bond motifs is 8. The third-order valence-electron chi connectivity index (χ3n) is 10.6. The van der Waals surface area contributed by atoms with Crippen LogP contribution >= 0.6 is 22.7 Å². The Bertz CT molecular complexity index is 3110. The molecular weight excluding hydrogens is 665 g/mol. The van der Waals surface area contributed by atoms with E-state index in [1.807, 2.05) is 22.7 Å². The molecule has 11 rings (SSSR count). The Morgan fingerprint density at radius 3 is 1.50 bits per heavy atom. The summed E-state index contributed by atoms with van der Waals surface area (Å²) in [4.78, 5) is 1.33. The smallest absolute Gasteiger partial charge is 0.0449 e. The fraction of sp³-hybridized carbons (Fsp3) is 0. The maximum atomic E-state index is 2.44. The molecular formula is C50H30S2. The molecule has 0 spiro atoms. The Hall–Kier alpha value is -6.06. The number of benzene rings is 9. The van der Waals surface area contributed by atoms with E-state index < -0.39 is 0 Å². The zero-order valence-electron chi connectivity index (χ0n) is 28.1. The van der Waals surface area contributed by atoms with Crippen molar-refractivity contribution in [2.75, 3.05) is 0 Å². The highest BCUT2D eigenvalue weighted by molar-refractivity contribution is 7.28. The van der Waals surface area contributed by atoms with Crippen molar-refractivity contribution in [3.8, 4) is 43.8 Å². The highest BCUT2D eigenvalue weighted by Gasteiger charge is 2.21. The first kappa shape index (κ1) is 29.6. The zero-order chi connectivity index (χ0) is 34.2. The molecule has 0 aliphatic rings. The average molecular weight is 695 g/mol. The van der Waals surface area contributed by atoms with E-state index >= 15 is 0 Å². The minimum Gasteiger partial charge on any atom is -0.135 e. The summed E-state index contributed by atoms with van der Waals surface area (Å²) in [5, 5.41) is 11.7. The topological polar surface area (TPSA) is 0 Å². The van der Waals surface area contributed by atoms with Gasteiger partial charge in [-0.05, 0) is 83.9 Å². The monoisotopic (exact) mass is 694 g/mol. The molecule has 0 amide bonds. The van der Waals surface area contributed by atoms with Gasteiger partial charge in [0.2, 0.25) is 0 Å². The predicted octanol–water partition coefficient (Wildman–Crippen LogP) is 15.4. The molecule has 0 aliphatic carbocycles. The van der Waals surface area contributed by atoms with Crippen molar-refractivity contribution in [3.05, 3.63) is 182 Å². The largest absolute Gasteiger partial charge is 0.135 e. The van der Waals surface area contributed by atoms with Crippen molar-refractivity contribution in [1.82, 2.24) is 0 Å². The van der Waals surface area contributed by atoms with Crippen LogP contribution in [0.4, 0.5) is 0 Å². The molecule has 0 bridgehead atoms. The lowest BCUT2D eigenvalue weighted by molar-refractivity contribution is 1.66. The Morgan fingerprint density at radius 1 is 0.288 bits per heavy atom. The number of rotatable bonds is 4. The normalized spacial score (nSPS) is 11.8. The van der Waals surface area contributed by atoms with Crippen LogP contribution in [0.25, 0.3) is 106 Å². The van der Waals surface area contributed by atoms with E-state index in [2.05, 4.69) is 182 Å². The molecule has 0 atom stereocenters. The average Bonchev–Trinajstić information content (AvgIpc) is 3.79. The van der Waals surface area contributed by atoms with Crippen LogP contribution in [-0.4, -0.2) is 0 Å². The highest BCUT2D eigenvalue weighted by Crippen LogP contribution is 2.51. The van der Waals surface area contributed by atoms with E-state index in [4.69, 9.17) is 0 Å². The van der Waals surface area contributed by atoms with Gasteiger partial charge in [0.25, 0.3) is 0 Å². The molecule has 0 radical (unpaired) electrons. The molecule has 9 aromatic carbocycles. The summed E-state index contributed by atoms with van der Waals surface area (Å²) >= 11 is 3.84. The highest BCUT2D eigenvalue weighted by atomic mass is 32.1. The number of thiophene rings is 2. The van der Waals surface area contributed by atoms with Crippen LogP contribution in [-0.2, 0) is 0 Å². The zero-order valence-corrected chi connectivity index (χ0v) is 29.8. The Balaban J connectivity index is 1.15. The fourth-order valence-corrected chi connectivity index (χ4v) is 11.0. The van der Waals surface area contributed by atoms with Gasteiger partial charge in [0.1, 0.15) is 0 Å². The SMILES string of the molecule is c1ccc(-c2sc3c(ccc4sc5cc(-c6c7ccccc7c(-c7ccc8ccccc8c7)c7ccccc67)ccc5c43)c2-c2ccccc2)cc1. The van der Waals surface area contributed by atoms with Gasteiger partial charge in [0.15, 0.2) is 0 Å². The van der Waals surface area contributed by atoms with Gasteiger partial charge in [0, 0.05) is 40.7 Å². The maximum Gasteiger partial charge on any atom is 0.0449 e. The van der Waals surface area contributed by atoms with Gasteiger partial charge >= 0.3 is 0 Å². The molecule has 0 saturated heterocycles. The second-order valence-electron chi connectivity index (χ2n) is 13.6. The van der Waals surface area contributed by atoms with Gasteiger partial charge < -0.3 is 0 Å². The van der Waals surface area contributed by atoms with Crippen LogP contribution in [0.2, 0.25) is 0 Å². The standard InChI is InChI=1S/C50H30S2/c1-3-14-32(15-4-1)47-42-27-28-43-48(50(42)52-49(47)33-16-5-2-6-17-33)41-26-25-36(30-44(41)51-43)46-39-21-11-9-19-37(39)45(38-20-10-12-22-40(38)46)35-24-23-31-13-7-8-18-34(31)29-35/h1-30H. The predicted molar refractivity (Wildman–Crippen MR) is 229 cm³/mol. The molecule has 2 heteroatoms. The fourth-order valence-electron chi connectivity index (χ4n) is 8.35. The van der Waals surface area contributed by atoms with Crippen molar-refractivity contribution in [3.63, 3.8) is 0 Å². The molecule has 0 aliphatic heterocycles. The summed E-state index contributed by atoms with van der Waals surface area (Å²) in [7, 11) is 0. The van der Waals surface area contributed by atoms with E-state index in [0.29, 0.717) is 0 Å². The number of hydrogen-bond acceptors (Lipinski definition) is 2. The summed E-state index contributed by atoms with van der Waals surface area (Å²) in [6.45, 7) is 0. The van der Waals surface area contributed by atoms with Crippen molar-refractivity contribution in [1.29, 1.82) is 0 Å². The van der Waals surface area contributed by atoms with Gasteiger partial charge in [0.05, 0.1) is 0 Å². The first-order chi connectivity index (χ1) is 25.8. The lowest BCUT2D eigenvalue weighted by atomic mass is 9.85. The third-order valence-corrected chi connectivity index (χ3v) is 13.0. The Kier molecular flexibility index (Phi) is 6.70. The molecule has 0 unspecified atom stereocenters. The van der Waals surface area contributed by atoms with Crippen LogP contribution in [0.5, 0.6) is 0 Å². The van der Waals surface area contributed by atoms with Crippen molar-refractivity contribution in [2.45, 2.75) is 0 Å². The minimum absolute atomic E-state index is 1.25. The second kappa shape index (κ2) is 11.7. The molecule has 0 nitrogen and oxygen atoms in total. The van der Waals surface area contributed by atoms with Crippen LogP contribution < -0.4 is 0 Å². The Morgan fingerprint density at radius 2 is 0.827 bits per heavy atom. The molecule has 242 valence electrons. The molecule has 11 aromatic rings.